The fraction of sp³-hybridized carbons (Fsp3) is 0.727. The fourth-order valence-electron chi connectivity index (χ4n) is 2.55. The van der Waals surface area contributed by atoms with Crippen molar-refractivity contribution in [2.75, 3.05) is 6.54 Å². The number of aryl methyl sites for hydroxylation is 2. The molecule has 1 fully saturated rings. The van der Waals surface area contributed by atoms with Crippen LogP contribution in [-0.4, -0.2) is 46.8 Å². The van der Waals surface area contributed by atoms with Gasteiger partial charge in [0.05, 0.1) is 12.6 Å². The summed E-state index contributed by atoms with van der Waals surface area (Å²) in [5.74, 6) is 2.62. The molecule has 0 bridgehead atoms. The Kier molecular flexibility index (Phi) is 3.24. The number of aromatic amines is 1. The van der Waals surface area contributed by atoms with Crippen LogP contribution in [0.2, 0.25) is 0 Å². The van der Waals surface area contributed by atoms with E-state index in [2.05, 4.69) is 35.6 Å². The third-order valence-corrected chi connectivity index (χ3v) is 3.58. The van der Waals surface area contributed by atoms with Gasteiger partial charge in [-0.25, -0.2) is 9.67 Å². The second-order valence-electron chi connectivity index (χ2n) is 4.98. The first kappa shape index (κ1) is 12.2. The Hall–Kier alpha value is -1.83. The number of nitrogens with zero attached hydrogens (tertiary/aromatic N) is 7. The molecule has 0 radical (unpaired) electrons. The molecule has 102 valence electrons. The molecule has 0 unspecified atom stereocenters. The summed E-state index contributed by atoms with van der Waals surface area (Å²) < 4.78 is 1.72. The highest BCUT2D eigenvalue weighted by molar-refractivity contribution is 4.99. The van der Waals surface area contributed by atoms with Gasteiger partial charge in [-0.15, -0.1) is 5.10 Å². The Labute approximate surface area is 111 Å². The molecule has 0 aliphatic carbocycles. The van der Waals surface area contributed by atoms with Gasteiger partial charge in [0, 0.05) is 7.05 Å². The molecule has 8 nitrogen and oxygen atoms in total. The molecule has 0 aromatic carbocycles. The average molecular weight is 262 g/mol. The van der Waals surface area contributed by atoms with Gasteiger partial charge < -0.3 is 0 Å². The smallest absolute Gasteiger partial charge is 0.167 e. The van der Waals surface area contributed by atoms with Crippen molar-refractivity contribution in [1.29, 1.82) is 0 Å². The van der Waals surface area contributed by atoms with Crippen molar-refractivity contribution >= 4 is 0 Å². The summed E-state index contributed by atoms with van der Waals surface area (Å²) in [7, 11) is 1.87. The summed E-state index contributed by atoms with van der Waals surface area (Å²) in [4.78, 5) is 6.83. The number of rotatable bonds is 3. The molecular formula is C11H18N8. The molecule has 8 heteroatoms. The maximum absolute atomic E-state index is 4.47. The van der Waals surface area contributed by atoms with Crippen LogP contribution in [0.25, 0.3) is 0 Å². The van der Waals surface area contributed by atoms with Gasteiger partial charge in [-0.3, -0.25) is 10.00 Å². The van der Waals surface area contributed by atoms with Crippen molar-refractivity contribution in [3.8, 4) is 0 Å². The Morgan fingerprint density at radius 1 is 1.37 bits per heavy atom. The predicted molar refractivity (Wildman–Crippen MR) is 66.9 cm³/mol. The standard InChI is InChI=1S/C11H18N8/c1-8-12-11(15-13-8)9-5-3-4-6-19(9)7-10-14-16-17-18(10)2/h9H,3-7H2,1-2H3,(H,12,13,15)/t9-/m0/s1. The second kappa shape index (κ2) is 5.04. The van der Waals surface area contributed by atoms with Crippen LogP contribution in [0.5, 0.6) is 0 Å². The van der Waals surface area contributed by atoms with E-state index in [1.54, 1.807) is 4.68 Å². The van der Waals surface area contributed by atoms with Gasteiger partial charge in [-0.1, -0.05) is 6.42 Å². The molecule has 1 saturated heterocycles. The van der Waals surface area contributed by atoms with Crippen LogP contribution in [0.3, 0.4) is 0 Å². The Balaban J connectivity index is 1.79. The SMILES string of the molecule is Cc1nc([C@@H]2CCCCN2Cc2nnnn2C)n[nH]1. The molecule has 2 aromatic rings. The first-order valence-corrected chi connectivity index (χ1v) is 6.58. The van der Waals surface area contributed by atoms with Crippen molar-refractivity contribution in [3.63, 3.8) is 0 Å². The summed E-state index contributed by atoms with van der Waals surface area (Å²) in [6, 6.07) is 0.260. The van der Waals surface area contributed by atoms with E-state index < -0.39 is 0 Å². The van der Waals surface area contributed by atoms with Crippen LogP contribution in [0.15, 0.2) is 0 Å². The van der Waals surface area contributed by atoms with Crippen LogP contribution in [-0.2, 0) is 13.6 Å². The fourth-order valence-corrected chi connectivity index (χ4v) is 2.55. The average Bonchev–Trinajstić information content (AvgIpc) is 3.00. The Morgan fingerprint density at radius 3 is 2.95 bits per heavy atom. The minimum absolute atomic E-state index is 0.260. The van der Waals surface area contributed by atoms with E-state index in [0.29, 0.717) is 0 Å². The lowest BCUT2D eigenvalue weighted by atomic mass is 10.0. The number of hydrogen-bond donors (Lipinski definition) is 1. The lowest BCUT2D eigenvalue weighted by Gasteiger charge is -2.33. The number of aromatic nitrogens is 7. The van der Waals surface area contributed by atoms with E-state index in [4.69, 9.17) is 0 Å². The summed E-state index contributed by atoms with van der Waals surface area (Å²) >= 11 is 0. The zero-order chi connectivity index (χ0) is 13.2. The van der Waals surface area contributed by atoms with Gasteiger partial charge in [0.15, 0.2) is 11.6 Å². The molecular weight excluding hydrogens is 244 g/mol. The molecule has 3 rings (SSSR count). The lowest BCUT2D eigenvalue weighted by molar-refractivity contribution is 0.129. The number of likely N-dealkylation sites (tertiary alicyclic amines) is 1. The first-order chi connectivity index (χ1) is 9.24. The van der Waals surface area contributed by atoms with Crippen molar-refractivity contribution in [1.82, 2.24) is 40.3 Å². The first-order valence-electron chi connectivity index (χ1n) is 6.58. The minimum atomic E-state index is 0.260. The van der Waals surface area contributed by atoms with Gasteiger partial charge in [-0.2, -0.15) is 5.10 Å². The highest BCUT2D eigenvalue weighted by Gasteiger charge is 2.28. The maximum atomic E-state index is 4.47. The van der Waals surface area contributed by atoms with Gasteiger partial charge in [0.25, 0.3) is 0 Å². The van der Waals surface area contributed by atoms with Gasteiger partial charge in [-0.05, 0) is 36.7 Å². The van der Waals surface area contributed by atoms with Crippen LogP contribution in [0, 0.1) is 6.92 Å². The zero-order valence-electron chi connectivity index (χ0n) is 11.2. The molecule has 1 N–H and O–H groups in total. The van der Waals surface area contributed by atoms with E-state index in [9.17, 15) is 0 Å². The molecule has 3 heterocycles. The van der Waals surface area contributed by atoms with Crippen LogP contribution in [0.1, 0.15) is 42.8 Å². The van der Waals surface area contributed by atoms with E-state index >= 15 is 0 Å². The largest absolute Gasteiger partial charge is 0.286 e. The molecule has 1 aliphatic rings. The highest BCUT2D eigenvalue weighted by atomic mass is 15.5. The van der Waals surface area contributed by atoms with Crippen molar-refractivity contribution in [3.05, 3.63) is 17.5 Å². The third kappa shape index (κ3) is 2.48. The summed E-state index contributed by atoms with van der Waals surface area (Å²) in [5, 5.41) is 18.8. The normalized spacial score (nSPS) is 20.8. The number of tetrazole rings is 1. The number of H-pyrrole nitrogens is 1. The van der Waals surface area contributed by atoms with E-state index in [-0.39, 0.29) is 6.04 Å². The molecule has 2 aromatic heterocycles. The summed E-state index contributed by atoms with van der Waals surface area (Å²) in [6.45, 7) is 3.70. The molecule has 0 spiro atoms. The highest BCUT2D eigenvalue weighted by Crippen LogP contribution is 2.29. The maximum Gasteiger partial charge on any atom is 0.167 e. The van der Waals surface area contributed by atoms with Crippen molar-refractivity contribution in [2.45, 2.75) is 38.8 Å². The Bertz CT molecular complexity index is 544. The Morgan fingerprint density at radius 2 is 2.26 bits per heavy atom. The lowest BCUT2D eigenvalue weighted by Crippen LogP contribution is -2.34. The van der Waals surface area contributed by atoms with Crippen LogP contribution >= 0.6 is 0 Å². The second-order valence-corrected chi connectivity index (χ2v) is 4.98. The van der Waals surface area contributed by atoms with Gasteiger partial charge >= 0.3 is 0 Å². The number of piperidine rings is 1. The quantitative estimate of drug-likeness (QED) is 0.859. The molecule has 19 heavy (non-hydrogen) atoms. The van der Waals surface area contributed by atoms with E-state index in [0.717, 1.165) is 37.0 Å². The van der Waals surface area contributed by atoms with Crippen molar-refractivity contribution < 1.29 is 0 Å². The van der Waals surface area contributed by atoms with E-state index in [1.165, 1.54) is 12.8 Å². The minimum Gasteiger partial charge on any atom is -0.286 e. The van der Waals surface area contributed by atoms with Gasteiger partial charge in [0.2, 0.25) is 0 Å². The topological polar surface area (TPSA) is 88.4 Å². The summed E-state index contributed by atoms with van der Waals surface area (Å²) in [5.41, 5.74) is 0. The number of nitrogens with one attached hydrogen (secondary N) is 1. The van der Waals surface area contributed by atoms with Gasteiger partial charge in [0.1, 0.15) is 5.82 Å². The third-order valence-electron chi connectivity index (χ3n) is 3.58. The molecule has 1 aliphatic heterocycles. The molecule has 0 amide bonds. The summed E-state index contributed by atoms with van der Waals surface area (Å²) in [6.07, 6.45) is 3.50. The molecule has 0 saturated carbocycles. The van der Waals surface area contributed by atoms with Crippen molar-refractivity contribution in [2.24, 2.45) is 7.05 Å². The predicted octanol–water partition coefficient (Wildman–Crippen LogP) is 0.364. The number of hydrogen-bond acceptors (Lipinski definition) is 6. The monoisotopic (exact) mass is 262 g/mol. The van der Waals surface area contributed by atoms with E-state index in [1.807, 2.05) is 14.0 Å². The zero-order valence-corrected chi connectivity index (χ0v) is 11.2. The molecule has 1 atom stereocenters. The van der Waals surface area contributed by atoms with Crippen LogP contribution in [0.4, 0.5) is 0 Å². The van der Waals surface area contributed by atoms with Crippen LogP contribution < -0.4 is 0 Å².